The fourth-order valence-corrected chi connectivity index (χ4v) is 3.76. The maximum absolute atomic E-state index is 10.1. The van der Waals surface area contributed by atoms with Gasteiger partial charge in [-0.1, -0.05) is 6.07 Å². The van der Waals surface area contributed by atoms with Gasteiger partial charge in [-0.15, -0.1) is 0 Å². The van der Waals surface area contributed by atoms with Gasteiger partial charge in [0, 0.05) is 18.0 Å². The van der Waals surface area contributed by atoms with Crippen LogP contribution in [-0.4, -0.2) is 37.9 Å². The number of methoxy groups -OCH3 is 3. The SMILES string of the molecule is COc1cc2c(cc1O)CCN1C=c3c(OC)c(OC)ccc3=CC21. The van der Waals surface area contributed by atoms with Crippen LogP contribution in [0.15, 0.2) is 24.3 Å². The molecular weight excluding hydrogens is 318 g/mol. The minimum atomic E-state index is 0.115. The first kappa shape index (κ1) is 15.7. The van der Waals surface area contributed by atoms with E-state index < -0.39 is 0 Å². The van der Waals surface area contributed by atoms with Crippen LogP contribution in [0, 0.1) is 0 Å². The topological polar surface area (TPSA) is 51.2 Å². The largest absolute Gasteiger partial charge is 0.504 e. The van der Waals surface area contributed by atoms with Gasteiger partial charge in [0.2, 0.25) is 0 Å². The van der Waals surface area contributed by atoms with E-state index in [2.05, 4.69) is 23.2 Å². The van der Waals surface area contributed by atoms with E-state index in [1.165, 1.54) is 0 Å². The van der Waals surface area contributed by atoms with Crippen molar-refractivity contribution in [1.82, 2.24) is 4.90 Å². The van der Waals surface area contributed by atoms with Gasteiger partial charge in [0.25, 0.3) is 0 Å². The Balaban J connectivity index is 1.91. The van der Waals surface area contributed by atoms with E-state index in [9.17, 15) is 5.11 Å². The minimum Gasteiger partial charge on any atom is -0.504 e. The van der Waals surface area contributed by atoms with E-state index in [4.69, 9.17) is 14.2 Å². The zero-order valence-corrected chi connectivity index (χ0v) is 14.6. The second kappa shape index (κ2) is 5.92. The molecule has 2 aliphatic rings. The van der Waals surface area contributed by atoms with Crippen molar-refractivity contribution < 1.29 is 19.3 Å². The molecule has 25 heavy (non-hydrogen) atoms. The number of hydrogen-bond acceptors (Lipinski definition) is 5. The van der Waals surface area contributed by atoms with Crippen LogP contribution >= 0.6 is 0 Å². The summed E-state index contributed by atoms with van der Waals surface area (Å²) in [4.78, 5) is 2.29. The number of hydrogen-bond donors (Lipinski definition) is 1. The number of aromatic hydroxyl groups is 1. The van der Waals surface area contributed by atoms with E-state index in [0.717, 1.165) is 46.0 Å². The molecule has 0 aliphatic carbocycles. The fraction of sp³-hybridized carbons (Fsp3) is 0.300. The van der Waals surface area contributed by atoms with Crippen LogP contribution in [0.25, 0.3) is 12.3 Å². The van der Waals surface area contributed by atoms with Crippen molar-refractivity contribution in [2.45, 2.75) is 12.5 Å². The molecule has 130 valence electrons. The summed E-state index contributed by atoms with van der Waals surface area (Å²) < 4.78 is 16.3. The molecule has 0 radical (unpaired) electrons. The van der Waals surface area contributed by atoms with Crippen LogP contribution in [0.4, 0.5) is 0 Å². The third-order valence-electron chi connectivity index (χ3n) is 5.01. The van der Waals surface area contributed by atoms with Crippen LogP contribution in [0.3, 0.4) is 0 Å². The Hall–Kier alpha value is -2.82. The van der Waals surface area contributed by atoms with Crippen molar-refractivity contribution in [2.24, 2.45) is 0 Å². The van der Waals surface area contributed by atoms with Gasteiger partial charge in [-0.2, -0.15) is 0 Å². The normalized spacial score (nSPS) is 17.4. The molecule has 2 aromatic carbocycles. The van der Waals surface area contributed by atoms with Crippen LogP contribution < -0.4 is 24.6 Å². The van der Waals surface area contributed by atoms with E-state index in [1.54, 1.807) is 21.3 Å². The summed E-state index contributed by atoms with van der Waals surface area (Å²) in [5, 5.41) is 12.2. The number of phenols is 1. The van der Waals surface area contributed by atoms with E-state index in [1.807, 2.05) is 18.2 Å². The highest BCUT2D eigenvalue weighted by Crippen LogP contribution is 2.39. The highest BCUT2D eigenvalue weighted by Gasteiger charge is 2.28. The summed E-state index contributed by atoms with van der Waals surface area (Å²) in [7, 11) is 4.89. The first-order valence-corrected chi connectivity index (χ1v) is 8.26. The Morgan fingerprint density at radius 3 is 2.56 bits per heavy atom. The van der Waals surface area contributed by atoms with Crippen molar-refractivity contribution in [3.8, 4) is 23.0 Å². The predicted octanol–water partition coefficient (Wildman–Crippen LogP) is 1.55. The summed E-state index contributed by atoms with van der Waals surface area (Å²) >= 11 is 0. The maximum Gasteiger partial charge on any atom is 0.169 e. The zero-order valence-electron chi connectivity index (χ0n) is 14.6. The minimum absolute atomic E-state index is 0.115. The molecule has 2 aromatic rings. The van der Waals surface area contributed by atoms with Crippen molar-refractivity contribution in [3.05, 3.63) is 45.8 Å². The van der Waals surface area contributed by atoms with Crippen molar-refractivity contribution in [1.29, 1.82) is 0 Å². The van der Waals surface area contributed by atoms with Gasteiger partial charge in [-0.25, -0.2) is 0 Å². The number of ether oxygens (including phenoxy) is 3. The standard InChI is InChI=1S/C20H21NO4/c1-23-18-5-4-12-8-16-14-10-19(24-2)17(22)9-13(14)6-7-21(16)11-15(12)20(18)25-3/h4-5,8-11,16,22H,6-7H2,1-3H3. The maximum atomic E-state index is 10.1. The monoisotopic (exact) mass is 339 g/mol. The predicted molar refractivity (Wildman–Crippen MR) is 95.5 cm³/mol. The van der Waals surface area contributed by atoms with Crippen molar-refractivity contribution in [2.75, 3.05) is 27.9 Å². The Morgan fingerprint density at radius 1 is 1.04 bits per heavy atom. The molecule has 5 heteroatoms. The highest BCUT2D eigenvalue weighted by atomic mass is 16.5. The highest BCUT2D eigenvalue weighted by molar-refractivity contribution is 5.58. The third-order valence-corrected chi connectivity index (χ3v) is 5.01. The molecule has 0 amide bonds. The molecule has 2 heterocycles. The Bertz CT molecular complexity index is 951. The van der Waals surface area contributed by atoms with Gasteiger partial charge in [-0.3, -0.25) is 0 Å². The molecule has 1 atom stereocenters. The van der Waals surface area contributed by atoms with E-state index in [0.29, 0.717) is 5.75 Å². The number of fused-ring (bicyclic) bond motifs is 4. The van der Waals surface area contributed by atoms with Gasteiger partial charge in [0.15, 0.2) is 23.0 Å². The van der Waals surface area contributed by atoms with Crippen LogP contribution in [-0.2, 0) is 6.42 Å². The van der Waals surface area contributed by atoms with Crippen molar-refractivity contribution >= 4 is 12.3 Å². The van der Waals surface area contributed by atoms with Crippen molar-refractivity contribution in [3.63, 3.8) is 0 Å². The molecule has 0 fully saturated rings. The summed E-state index contributed by atoms with van der Waals surface area (Å²) in [5.41, 5.74) is 2.32. The number of phenolic OH excluding ortho intramolecular Hbond substituents is 1. The van der Waals surface area contributed by atoms with Gasteiger partial charge < -0.3 is 24.2 Å². The first-order chi connectivity index (χ1) is 12.2. The third kappa shape index (κ3) is 2.38. The molecule has 0 spiro atoms. The average Bonchev–Trinajstić information content (AvgIpc) is 2.64. The Kier molecular flexibility index (Phi) is 3.71. The lowest BCUT2D eigenvalue weighted by molar-refractivity contribution is 0.333. The van der Waals surface area contributed by atoms with Gasteiger partial charge in [0.1, 0.15) is 0 Å². The van der Waals surface area contributed by atoms with Gasteiger partial charge >= 0.3 is 0 Å². The molecule has 1 N–H and O–H groups in total. The number of nitrogens with zero attached hydrogens (tertiary/aromatic N) is 1. The lowest BCUT2D eigenvalue weighted by atomic mass is 9.90. The lowest BCUT2D eigenvalue weighted by Crippen LogP contribution is -2.41. The van der Waals surface area contributed by atoms with Crippen LogP contribution in [0.1, 0.15) is 17.2 Å². The first-order valence-electron chi connectivity index (χ1n) is 8.26. The smallest absolute Gasteiger partial charge is 0.169 e. The molecule has 0 bridgehead atoms. The summed E-state index contributed by atoms with van der Waals surface area (Å²) in [6.07, 6.45) is 5.24. The number of rotatable bonds is 3. The second-order valence-electron chi connectivity index (χ2n) is 6.26. The summed E-state index contributed by atoms with van der Waals surface area (Å²) in [5.74, 6) is 2.19. The molecule has 0 saturated carbocycles. The van der Waals surface area contributed by atoms with Crippen LogP contribution in [0.5, 0.6) is 23.0 Å². The molecule has 1 unspecified atom stereocenters. The Labute approximate surface area is 146 Å². The Morgan fingerprint density at radius 2 is 1.84 bits per heavy atom. The van der Waals surface area contributed by atoms with E-state index >= 15 is 0 Å². The summed E-state index contributed by atoms with van der Waals surface area (Å²) in [6, 6.07) is 7.86. The zero-order chi connectivity index (χ0) is 17.6. The molecule has 5 nitrogen and oxygen atoms in total. The molecule has 0 saturated heterocycles. The molecular formula is C20H21NO4. The average molecular weight is 339 g/mol. The molecule has 2 aliphatic heterocycles. The van der Waals surface area contributed by atoms with E-state index in [-0.39, 0.29) is 11.8 Å². The van der Waals surface area contributed by atoms with Gasteiger partial charge in [-0.05, 0) is 47.0 Å². The second-order valence-corrected chi connectivity index (χ2v) is 6.26. The lowest BCUT2D eigenvalue weighted by Gasteiger charge is -2.37. The number of benzene rings is 2. The molecule has 4 rings (SSSR count). The summed E-state index contributed by atoms with van der Waals surface area (Å²) in [6.45, 7) is 0.875. The quantitative estimate of drug-likeness (QED) is 0.920. The fourth-order valence-electron chi connectivity index (χ4n) is 3.76. The van der Waals surface area contributed by atoms with Crippen LogP contribution in [0.2, 0.25) is 0 Å². The van der Waals surface area contributed by atoms with Gasteiger partial charge in [0.05, 0.1) is 27.4 Å². The molecule has 0 aromatic heterocycles.